The van der Waals surface area contributed by atoms with Gasteiger partial charge in [0.25, 0.3) is 0 Å². The third kappa shape index (κ3) is 3.57. The standard InChI is InChI=1S/C20H21N3O4S/c1-3-13-4-5-18-16(8-13)19(24)15(12-27-18)11-23-7-6-17-14(10-23)9-21-20(22-17)28(2,25)26/h4-5,8-9,12H,3,6-7,10-11H2,1-2H3. The Morgan fingerprint density at radius 2 is 2.11 bits per heavy atom. The van der Waals surface area contributed by atoms with E-state index >= 15 is 0 Å². The average Bonchev–Trinajstić information content (AvgIpc) is 2.68. The molecule has 7 nitrogen and oxygen atoms in total. The first-order chi connectivity index (χ1) is 13.3. The van der Waals surface area contributed by atoms with Gasteiger partial charge in [-0.1, -0.05) is 13.0 Å². The smallest absolute Gasteiger partial charge is 0.246 e. The van der Waals surface area contributed by atoms with Crippen LogP contribution >= 0.6 is 0 Å². The van der Waals surface area contributed by atoms with E-state index in [1.807, 2.05) is 18.2 Å². The molecule has 0 spiro atoms. The Morgan fingerprint density at radius 1 is 1.29 bits per heavy atom. The number of aryl methyl sites for hydroxylation is 1. The summed E-state index contributed by atoms with van der Waals surface area (Å²) in [6.07, 6.45) is 5.68. The fraction of sp³-hybridized carbons (Fsp3) is 0.350. The van der Waals surface area contributed by atoms with Crippen molar-refractivity contribution in [1.82, 2.24) is 14.9 Å². The van der Waals surface area contributed by atoms with Crippen molar-refractivity contribution in [2.24, 2.45) is 0 Å². The molecule has 0 radical (unpaired) electrons. The molecule has 4 rings (SSSR count). The van der Waals surface area contributed by atoms with Crippen molar-refractivity contribution in [1.29, 1.82) is 0 Å². The molecule has 146 valence electrons. The SMILES string of the molecule is CCc1ccc2occ(CN3CCc4nc(S(C)(=O)=O)ncc4C3)c(=O)c2c1. The highest BCUT2D eigenvalue weighted by atomic mass is 32.2. The van der Waals surface area contributed by atoms with Gasteiger partial charge in [0.15, 0.2) is 5.43 Å². The fourth-order valence-electron chi connectivity index (χ4n) is 3.46. The molecule has 28 heavy (non-hydrogen) atoms. The Bertz CT molecular complexity index is 1220. The Labute approximate surface area is 163 Å². The number of aromatic nitrogens is 2. The van der Waals surface area contributed by atoms with Crippen LogP contribution < -0.4 is 5.43 Å². The van der Waals surface area contributed by atoms with Crippen molar-refractivity contribution in [3.8, 4) is 0 Å². The fourth-order valence-corrected chi connectivity index (χ4v) is 3.98. The van der Waals surface area contributed by atoms with Crippen LogP contribution in [0.25, 0.3) is 11.0 Å². The summed E-state index contributed by atoms with van der Waals surface area (Å²) < 4.78 is 28.9. The monoisotopic (exact) mass is 399 g/mol. The maximum atomic E-state index is 12.9. The predicted octanol–water partition coefficient (Wildman–Crippen LogP) is 2.11. The summed E-state index contributed by atoms with van der Waals surface area (Å²) in [5.41, 5.74) is 3.94. The van der Waals surface area contributed by atoms with Crippen LogP contribution in [0.4, 0.5) is 0 Å². The molecule has 0 amide bonds. The van der Waals surface area contributed by atoms with Gasteiger partial charge in [0.2, 0.25) is 15.0 Å². The average molecular weight is 399 g/mol. The summed E-state index contributed by atoms with van der Waals surface area (Å²) in [4.78, 5) is 23.2. The van der Waals surface area contributed by atoms with Crippen molar-refractivity contribution in [3.05, 3.63) is 63.3 Å². The summed E-state index contributed by atoms with van der Waals surface area (Å²) in [5, 5.41) is 0.469. The molecular formula is C20H21N3O4S. The van der Waals surface area contributed by atoms with E-state index in [-0.39, 0.29) is 10.6 Å². The van der Waals surface area contributed by atoms with Crippen LogP contribution in [0.2, 0.25) is 0 Å². The summed E-state index contributed by atoms with van der Waals surface area (Å²) in [5.74, 6) is 0. The molecule has 1 aliphatic heterocycles. The Kier molecular flexibility index (Phi) is 4.76. The van der Waals surface area contributed by atoms with Crippen LogP contribution in [0, 0.1) is 0 Å². The maximum Gasteiger partial charge on any atom is 0.246 e. The number of hydrogen-bond acceptors (Lipinski definition) is 7. The van der Waals surface area contributed by atoms with Crippen molar-refractivity contribution in [2.45, 2.75) is 38.0 Å². The summed E-state index contributed by atoms with van der Waals surface area (Å²) in [6, 6.07) is 5.71. The molecule has 0 bridgehead atoms. The minimum absolute atomic E-state index is 0.00831. The lowest BCUT2D eigenvalue weighted by Gasteiger charge is -2.27. The van der Waals surface area contributed by atoms with Crippen molar-refractivity contribution < 1.29 is 12.8 Å². The Hall–Kier alpha value is -2.58. The minimum Gasteiger partial charge on any atom is -0.464 e. The third-order valence-electron chi connectivity index (χ3n) is 5.03. The van der Waals surface area contributed by atoms with Crippen LogP contribution in [0.15, 0.2) is 45.0 Å². The zero-order chi connectivity index (χ0) is 19.9. The zero-order valence-electron chi connectivity index (χ0n) is 15.8. The van der Waals surface area contributed by atoms with Crippen LogP contribution in [0.5, 0.6) is 0 Å². The highest BCUT2D eigenvalue weighted by Crippen LogP contribution is 2.20. The van der Waals surface area contributed by atoms with Gasteiger partial charge in [-0.15, -0.1) is 0 Å². The van der Waals surface area contributed by atoms with E-state index in [2.05, 4.69) is 21.8 Å². The second-order valence-corrected chi connectivity index (χ2v) is 9.04. The van der Waals surface area contributed by atoms with E-state index in [0.717, 1.165) is 29.5 Å². The van der Waals surface area contributed by atoms with Crippen LogP contribution in [-0.4, -0.2) is 36.1 Å². The lowest BCUT2D eigenvalue weighted by atomic mass is 10.1. The number of benzene rings is 1. The molecule has 1 aromatic carbocycles. The summed E-state index contributed by atoms with van der Waals surface area (Å²) >= 11 is 0. The first-order valence-corrected chi connectivity index (χ1v) is 11.0. The lowest BCUT2D eigenvalue weighted by molar-refractivity contribution is 0.240. The topological polar surface area (TPSA) is 93.4 Å². The number of fused-ring (bicyclic) bond motifs is 2. The molecule has 0 atom stereocenters. The molecule has 8 heteroatoms. The van der Waals surface area contributed by atoms with Gasteiger partial charge in [0, 0.05) is 49.6 Å². The Balaban J connectivity index is 1.59. The van der Waals surface area contributed by atoms with Gasteiger partial charge in [-0.05, 0) is 24.1 Å². The quantitative estimate of drug-likeness (QED) is 0.620. The van der Waals surface area contributed by atoms with Gasteiger partial charge in [-0.3, -0.25) is 9.69 Å². The van der Waals surface area contributed by atoms with Gasteiger partial charge >= 0.3 is 0 Å². The van der Waals surface area contributed by atoms with E-state index in [4.69, 9.17) is 4.42 Å². The molecule has 1 aliphatic rings. The molecule has 0 aliphatic carbocycles. The second kappa shape index (κ2) is 7.10. The minimum atomic E-state index is -3.42. The zero-order valence-corrected chi connectivity index (χ0v) is 16.6. The van der Waals surface area contributed by atoms with Gasteiger partial charge in [-0.25, -0.2) is 18.4 Å². The van der Waals surface area contributed by atoms with E-state index in [0.29, 0.717) is 42.6 Å². The van der Waals surface area contributed by atoms with E-state index < -0.39 is 9.84 Å². The molecule has 2 aromatic heterocycles. The lowest BCUT2D eigenvalue weighted by Crippen LogP contribution is -2.32. The van der Waals surface area contributed by atoms with Crippen LogP contribution in [0.1, 0.15) is 29.3 Å². The van der Waals surface area contributed by atoms with Gasteiger partial charge in [0.05, 0.1) is 17.3 Å². The number of nitrogens with zero attached hydrogens (tertiary/aromatic N) is 3. The van der Waals surface area contributed by atoms with Crippen LogP contribution in [-0.2, 0) is 35.8 Å². The van der Waals surface area contributed by atoms with Crippen molar-refractivity contribution in [3.63, 3.8) is 0 Å². The van der Waals surface area contributed by atoms with Crippen molar-refractivity contribution in [2.75, 3.05) is 12.8 Å². The predicted molar refractivity (Wildman–Crippen MR) is 105 cm³/mol. The first-order valence-electron chi connectivity index (χ1n) is 9.15. The molecule has 0 saturated carbocycles. The largest absolute Gasteiger partial charge is 0.464 e. The molecule has 3 aromatic rings. The van der Waals surface area contributed by atoms with Crippen LogP contribution in [0.3, 0.4) is 0 Å². The van der Waals surface area contributed by atoms with Gasteiger partial charge < -0.3 is 4.42 Å². The molecule has 0 fully saturated rings. The molecule has 0 unspecified atom stereocenters. The molecule has 0 N–H and O–H groups in total. The van der Waals surface area contributed by atoms with E-state index in [1.165, 1.54) is 6.26 Å². The Morgan fingerprint density at radius 3 is 2.86 bits per heavy atom. The number of hydrogen-bond donors (Lipinski definition) is 0. The number of sulfone groups is 1. The molecule has 3 heterocycles. The van der Waals surface area contributed by atoms with E-state index in [1.54, 1.807) is 6.20 Å². The van der Waals surface area contributed by atoms with Crippen molar-refractivity contribution >= 4 is 20.8 Å². The molecular weight excluding hydrogens is 378 g/mol. The highest BCUT2D eigenvalue weighted by molar-refractivity contribution is 7.90. The first kappa shape index (κ1) is 18.8. The third-order valence-corrected chi connectivity index (χ3v) is 5.89. The summed E-state index contributed by atoms with van der Waals surface area (Å²) in [6.45, 7) is 3.75. The highest BCUT2D eigenvalue weighted by Gasteiger charge is 2.22. The number of rotatable bonds is 4. The summed E-state index contributed by atoms with van der Waals surface area (Å²) in [7, 11) is -3.42. The second-order valence-electron chi connectivity index (χ2n) is 7.13. The molecule has 0 saturated heterocycles. The van der Waals surface area contributed by atoms with E-state index in [9.17, 15) is 13.2 Å². The normalized spacial score (nSPS) is 14.9. The van der Waals surface area contributed by atoms with Gasteiger partial charge in [0.1, 0.15) is 5.58 Å². The maximum absolute atomic E-state index is 12.9. The van der Waals surface area contributed by atoms with Gasteiger partial charge in [-0.2, -0.15) is 0 Å².